The molecule has 0 aliphatic carbocycles. The number of nitrogens with zero attached hydrogens (tertiary/aromatic N) is 1. The van der Waals surface area contributed by atoms with Gasteiger partial charge in [-0.1, -0.05) is 13.8 Å². The topological polar surface area (TPSA) is 47.0 Å². The van der Waals surface area contributed by atoms with E-state index < -0.39 is 10.7 Å². The van der Waals surface area contributed by atoms with Crippen molar-refractivity contribution in [2.24, 2.45) is 0 Å². The van der Waals surface area contributed by atoms with Crippen LogP contribution in [0.4, 0.5) is 0 Å². The van der Waals surface area contributed by atoms with Gasteiger partial charge >= 0.3 is 0 Å². The SMILES string of the molecule is CC(C)c1ccc([SH](=O)=O)cn1. The van der Waals surface area contributed by atoms with Gasteiger partial charge in [-0.25, -0.2) is 8.42 Å². The molecule has 1 aromatic rings. The summed E-state index contributed by atoms with van der Waals surface area (Å²) in [4.78, 5) is 4.29. The Hall–Kier alpha value is -0.900. The predicted octanol–water partition coefficient (Wildman–Crippen LogP) is 1.18. The van der Waals surface area contributed by atoms with E-state index in [4.69, 9.17) is 0 Å². The molecule has 1 rings (SSSR count). The lowest BCUT2D eigenvalue weighted by molar-refractivity contribution is 0.614. The summed E-state index contributed by atoms with van der Waals surface area (Å²) in [6, 6.07) is 3.32. The highest BCUT2D eigenvalue weighted by Crippen LogP contribution is 2.11. The van der Waals surface area contributed by atoms with Crippen LogP contribution in [0.15, 0.2) is 23.2 Å². The molecule has 12 heavy (non-hydrogen) atoms. The minimum absolute atomic E-state index is 0.273. The minimum atomic E-state index is -2.49. The van der Waals surface area contributed by atoms with E-state index in [0.717, 1.165) is 5.69 Å². The van der Waals surface area contributed by atoms with Gasteiger partial charge in [-0.2, -0.15) is 0 Å². The van der Waals surface area contributed by atoms with Gasteiger partial charge in [0.25, 0.3) is 0 Å². The molecule has 3 nitrogen and oxygen atoms in total. The summed E-state index contributed by atoms with van der Waals surface area (Å²) in [5.41, 5.74) is 0.913. The first-order chi connectivity index (χ1) is 5.61. The summed E-state index contributed by atoms with van der Waals surface area (Å²) < 4.78 is 21.0. The first-order valence-corrected chi connectivity index (χ1v) is 4.89. The van der Waals surface area contributed by atoms with Gasteiger partial charge in [0.1, 0.15) is 0 Å². The fourth-order valence-electron chi connectivity index (χ4n) is 0.847. The molecule has 0 fully saturated rings. The second-order valence-corrected chi connectivity index (χ2v) is 3.88. The Labute approximate surface area is 73.4 Å². The van der Waals surface area contributed by atoms with Crippen molar-refractivity contribution in [2.45, 2.75) is 24.7 Å². The fourth-order valence-corrected chi connectivity index (χ4v) is 1.20. The molecule has 0 N–H and O–H groups in total. The number of rotatable bonds is 2. The van der Waals surface area contributed by atoms with Crippen LogP contribution in [0.1, 0.15) is 25.5 Å². The smallest absolute Gasteiger partial charge is 0.169 e. The van der Waals surface area contributed by atoms with Crippen LogP contribution in [0, 0.1) is 0 Å². The van der Waals surface area contributed by atoms with Crippen molar-refractivity contribution in [1.82, 2.24) is 4.98 Å². The van der Waals surface area contributed by atoms with E-state index in [0.29, 0.717) is 5.92 Å². The first kappa shape index (κ1) is 9.19. The average Bonchev–Trinajstić information content (AvgIpc) is 2.04. The van der Waals surface area contributed by atoms with Crippen LogP contribution < -0.4 is 0 Å². The summed E-state index contributed by atoms with van der Waals surface area (Å²) in [7, 11) is -2.49. The predicted molar refractivity (Wildman–Crippen MR) is 46.9 cm³/mol. The molecule has 1 heterocycles. The lowest BCUT2D eigenvalue weighted by Gasteiger charge is -2.02. The molecule has 0 aliphatic heterocycles. The van der Waals surface area contributed by atoms with Gasteiger partial charge < -0.3 is 0 Å². The van der Waals surface area contributed by atoms with Crippen molar-refractivity contribution < 1.29 is 8.42 Å². The van der Waals surface area contributed by atoms with Crippen molar-refractivity contribution in [3.05, 3.63) is 24.0 Å². The molecule has 66 valence electrons. The molecule has 0 amide bonds. The Kier molecular flexibility index (Phi) is 2.81. The Balaban J connectivity index is 3.01. The Bertz CT molecular complexity index is 319. The Morgan fingerprint density at radius 3 is 2.33 bits per heavy atom. The maximum absolute atomic E-state index is 10.5. The number of pyridine rings is 1. The molecule has 0 saturated carbocycles. The van der Waals surface area contributed by atoms with E-state index in [1.807, 2.05) is 13.8 Å². The van der Waals surface area contributed by atoms with Crippen molar-refractivity contribution in [2.75, 3.05) is 0 Å². The molecule has 0 radical (unpaired) electrons. The third-order valence-corrected chi connectivity index (χ3v) is 2.26. The Morgan fingerprint density at radius 1 is 1.33 bits per heavy atom. The highest BCUT2D eigenvalue weighted by Gasteiger charge is 2.00. The van der Waals surface area contributed by atoms with Crippen LogP contribution in [0.5, 0.6) is 0 Å². The summed E-state index contributed by atoms with van der Waals surface area (Å²) in [5, 5.41) is 0. The van der Waals surface area contributed by atoms with Crippen LogP contribution in [0.3, 0.4) is 0 Å². The van der Waals surface area contributed by atoms with E-state index in [1.54, 1.807) is 12.1 Å². The number of thiol groups is 1. The van der Waals surface area contributed by atoms with Crippen LogP contribution in [0.2, 0.25) is 0 Å². The van der Waals surface area contributed by atoms with E-state index in [2.05, 4.69) is 4.98 Å². The van der Waals surface area contributed by atoms with Crippen molar-refractivity contribution in [3.63, 3.8) is 0 Å². The first-order valence-electron chi connectivity index (χ1n) is 3.71. The molecular formula is C8H11NO2S. The monoisotopic (exact) mass is 185 g/mol. The molecule has 0 bridgehead atoms. The van der Waals surface area contributed by atoms with Gasteiger partial charge in [0.2, 0.25) is 0 Å². The van der Waals surface area contributed by atoms with Gasteiger partial charge in [-0.3, -0.25) is 4.98 Å². The van der Waals surface area contributed by atoms with Crippen molar-refractivity contribution >= 4 is 10.7 Å². The third kappa shape index (κ3) is 2.04. The highest BCUT2D eigenvalue weighted by atomic mass is 32.2. The van der Waals surface area contributed by atoms with Crippen molar-refractivity contribution in [1.29, 1.82) is 0 Å². The molecule has 0 atom stereocenters. The quantitative estimate of drug-likeness (QED) is 0.704. The fraction of sp³-hybridized carbons (Fsp3) is 0.375. The summed E-state index contributed by atoms with van der Waals surface area (Å²) >= 11 is 0. The maximum atomic E-state index is 10.5. The summed E-state index contributed by atoms with van der Waals surface area (Å²) in [5.74, 6) is 0.337. The second kappa shape index (κ2) is 3.67. The van der Waals surface area contributed by atoms with E-state index in [1.165, 1.54) is 6.20 Å². The lowest BCUT2D eigenvalue weighted by Crippen LogP contribution is -1.92. The minimum Gasteiger partial charge on any atom is -0.260 e. The number of aromatic nitrogens is 1. The van der Waals surface area contributed by atoms with Crippen LogP contribution in [0.25, 0.3) is 0 Å². The molecule has 4 heteroatoms. The van der Waals surface area contributed by atoms with Crippen molar-refractivity contribution in [3.8, 4) is 0 Å². The normalized spacial score (nSPS) is 11.0. The van der Waals surface area contributed by atoms with Gasteiger partial charge in [0.15, 0.2) is 10.7 Å². The molecule has 0 aliphatic rings. The maximum Gasteiger partial charge on any atom is 0.169 e. The van der Waals surface area contributed by atoms with Gasteiger partial charge in [0.05, 0.1) is 4.90 Å². The van der Waals surface area contributed by atoms with Gasteiger partial charge in [0, 0.05) is 11.9 Å². The zero-order valence-electron chi connectivity index (χ0n) is 7.02. The molecule has 0 saturated heterocycles. The molecule has 0 aromatic carbocycles. The zero-order chi connectivity index (χ0) is 9.14. The second-order valence-electron chi connectivity index (χ2n) is 2.85. The molecular weight excluding hydrogens is 174 g/mol. The van der Waals surface area contributed by atoms with E-state index >= 15 is 0 Å². The number of hydrogen-bond donors (Lipinski definition) is 1. The standard InChI is InChI=1S/C8H11NO2S/c1-6(2)8-4-3-7(5-9-8)12(10)11/h3-6,12H,1-2H3. The van der Waals surface area contributed by atoms with Gasteiger partial charge in [-0.15, -0.1) is 0 Å². The molecule has 0 unspecified atom stereocenters. The molecule has 0 spiro atoms. The van der Waals surface area contributed by atoms with Gasteiger partial charge in [-0.05, 0) is 18.1 Å². The van der Waals surface area contributed by atoms with E-state index in [9.17, 15) is 8.42 Å². The molecule has 1 aromatic heterocycles. The Morgan fingerprint density at radius 2 is 2.00 bits per heavy atom. The van der Waals surface area contributed by atoms with Crippen LogP contribution in [-0.4, -0.2) is 13.4 Å². The lowest BCUT2D eigenvalue weighted by atomic mass is 10.1. The summed E-state index contributed by atoms with van der Waals surface area (Å²) in [6.07, 6.45) is 1.39. The zero-order valence-corrected chi connectivity index (χ0v) is 7.91. The largest absolute Gasteiger partial charge is 0.260 e. The third-order valence-electron chi connectivity index (χ3n) is 1.57. The van der Waals surface area contributed by atoms with Crippen LogP contribution >= 0.6 is 0 Å². The summed E-state index contributed by atoms with van der Waals surface area (Å²) in [6.45, 7) is 4.03. The van der Waals surface area contributed by atoms with Crippen LogP contribution in [-0.2, 0) is 10.7 Å². The van der Waals surface area contributed by atoms with E-state index in [-0.39, 0.29) is 4.90 Å². The average molecular weight is 185 g/mol. The number of hydrogen-bond acceptors (Lipinski definition) is 3. The highest BCUT2D eigenvalue weighted by molar-refractivity contribution is 7.72.